The van der Waals surface area contributed by atoms with Crippen LogP contribution in [-0.2, 0) is 11.3 Å². The summed E-state index contributed by atoms with van der Waals surface area (Å²) in [5.41, 5.74) is 2.33. The molecule has 30 heavy (non-hydrogen) atoms. The van der Waals surface area contributed by atoms with Gasteiger partial charge in [0.25, 0.3) is 0 Å². The second kappa shape index (κ2) is 15.8. The summed E-state index contributed by atoms with van der Waals surface area (Å²) in [5.74, 6) is 0.826. The third kappa shape index (κ3) is 9.69. The molecule has 0 saturated carbocycles. The Morgan fingerprint density at radius 1 is 1.23 bits per heavy atom. The van der Waals surface area contributed by atoms with Gasteiger partial charge in [-0.15, -0.1) is 0 Å². The molecule has 1 aromatic rings. The smallest absolute Gasteiger partial charge is 0.106 e. The molecule has 2 heterocycles. The fraction of sp³-hybridized carbons (Fsp3) is 0.652. The van der Waals surface area contributed by atoms with Gasteiger partial charge in [0.15, 0.2) is 0 Å². The lowest BCUT2D eigenvalue weighted by Gasteiger charge is -2.22. The van der Waals surface area contributed by atoms with Crippen LogP contribution >= 0.6 is 0 Å². The average molecular weight is 419 g/mol. The number of nitrogens with zero attached hydrogens (tertiary/aromatic N) is 4. The molecule has 1 fully saturated rings. The average Bonchev–Trinajstić information content (AvgIpc) is 3.25. The molecule has 2 rings (SSSR count). The molecule has 0 atom stereocenters. The molecule has 1 aliphatic rings. The van der Waals surface area contributed by atoms with E-state index < -0.39 is 0 Å². The molecule has 2 N–H and O–H groups in total. The number of anilines is 1. The van der Waals surface area contributed by atoms with E-state index in [0.717, 1.165) is 50.9 Å². The van der Waals surface area contributed by atoms with Gasteiger partial charge >= 0.3 is 0 Å². The van der Waals surface area contributed by atoms with E-state index in [-0.39, 0.29) is 0 Å². The van der Waals surface area contributed by atoms with Crippen molar-refractivity contribution in [2.24, 2.45) is 5.92 Å². The lowest BCUT2D eigenvalue weighted by Crippen LogP contribution is -2.29. The first-order valence-corrected chi connectivity index (χ1v) is 11.1. The van der Waals surface area contributed by atoms with Gasteiger partial charge in [-0.2, -0.15) is 0 Å². The van der Waals surface area contributed by atoms with Crippen LogP contribution in [0.3, 0.4) is 0 Å². The Kier molecular flexibility index (Phi) is 13.8. The Hall–Kier alpha value is -1.96. The first kappa shape index (κ1) is 26.1. The molecule has 1 aromatic heterocycles. The van der Waals surface area contributed by atoms with Gasteiger partial charge < -0.3 is 20.0 Å². The van der Waals surface area contributed by atoms with Gasteiger partial charge in [-0.3, -0.25) is 14.8 Å². The summed E-state index contributed by atoms with van der Waals surface area (Å²) in [6.07, 6.45) is 11.6. The quantitative estimate of drug-likeness (QED) is 0.539. The molecule has 170 valence electrons. The van der Waals surface area contributed by atoms with Crippen LogP contribution in [0.1, 0.15) is 38.7 Å². The van der Waals surface area contributed by atoms with Crippen molar-refractivity contribution in [3.63, 3.8) is 0 Å². The highest BCUT2D eigenvalue weighted by Gasteiger charge is 2.21. The zero-order valence-corrected chi connectivity index (χ0v) is 19.4. The number of hydrogen-bond acceptors (Lipinski definition) is 6. The van der Waals surface area contributed by atoms with Crippen LogP contribution in [0, 0.1) is 5.92 Å². The maximum atomic E-state index is 8.00. The number of hydrogen-bond donors (Lipinski definition) is 2. The number of aromatic nitrogens is 2. The lowest BCUT2D eigenvalue weighted by atomic mass is 10.0. The van der Waals surface area contributed by atoms with Crippen LogP contribution in [-0.4, -0.2) is 80.0 Å². The maximum absolute atomic E-state index is 8.00. The van der Waals surface area contributed by atoms with Crippen molar-refractivity contribution < 1.29 is 4.79 Å². The van der Waals surface area contributed by atoms with Gasteiger partial charge in [0.1, 0.15) is 6.79 Å². The molecular weight excluding hydrogens is 376 g/mol. The van der Waals surface area contributed by atoms with Gasteiger partial charge in [0.2, 0.25) is 0 Å². The Labute approximate surface area is 183 Å². The molecule has 0 spiro atoms. The number of nitrogens with one attached hydrogen (secondary N) is 2. The Morgan fingerprint density at radius 2 is 1.97 bits per heavy atom. The highest BCUT2D eigenvalue weighted by atomic mass is 16.1. The Morgan fingerprint density at radius 3 is 2.67 bits per heavy atom. The molecule has 1 aliphatic heterocycles. The summed E-state index contributed by atoms with van der Waals surface area (Å²) in [4.78, 5) is 23.2. The van der Waals surface area contributed by atoms with E-state index in [1.165, 1.54) is 31.5 Å². The molecular formula is C23H42N6O. The van der Waals surface area contributed by atoms with Crippen molar-refractivity contribution in [1.29, 1.82) is 0 Å². The predicted molar refractivity (Wildman–Crippen MR) is 126 cm³/mol. The number of aromatic amines is 1. The zero-order valence-electron chi connectivity index (χ0n) is 19.4. The molecule has 0 amide bonds. The minimum Gasteiger partial charge on any atom is -0.372 e. The SMILES string of the molecule is C=O.CCC(CC)CN1CCN(Cc2cc[nH]cc(N(C)CCCNC)cnc2)C1. The van der Waals surface area contributed by atoms with Crippen LogP contribution < -0.4 is 10.2 Å². The van der Waals surface area contributed by atoms with E-state index >= 15 is 0 Å². The van der Waals surface area contributed by atoms with E-state index in [1.54, 1.807) is 0 Å². The summed E-state index contributed by atoms with van der Waals surface area (Å²) in [5, 5.41) is 3.19. The van der Waals surface area contributed by atoms with Gasteiger partial charge in [0.05, 0.1) is 18.6 Å². The van der Waals surface area contributed by atoms with Crippen molar-refractivity contribution in [1.82, 2.24) is 25.1 Å². The number of rotatable bonds is 11. The van der Waals surface area contributed by atoms with E-state index in [2.05, 4.69) is 56.9 Å². The first-order valence-electron chi connectivity index (χ1n) is 11.1. The van der Waals surface area contributed by atoms with Crippen LogP contribution in [0.15, 0.2) is 30.9 Å². The highest BCUT2D eigenvalue weighted by Crippen LogP contribution is 2.15. The summed E-state index contributed by atoms with van der Waals surface area (Å²) in [6.45, 7) is 14.2. The topological polar surface area (TPSA) is 67.5 Å². The van der Waals surface area contributed by atoms with E-state index in [0.29, 0.717) is 0 Å². The maximum Gasteiger partial charge on any atom is 0.106 e. The zero-order chi connectivity index (χ0) is 22.2. The van der Waals surface area contributed by atoms with Crippen molar-refractivity contribution in [2.75, 3.05) is 58.4 Å². The fourth-order valence-corrected chi connectivity index (χ4v) is 3.66. The van der Waals surface area contributed by atoms with Gasteiger partial charge in [-0.05, 0) is 37.6 Å². The molecule has 7 heteroatoms. The molecule has 0 unspecified atom stereocenters. The van der Waals surface area contributed by atoms with E-state index in [4.69, 9.17) is 4.79 Å². The predicted octanol–water partition coefficient (Wildman–Crippen LogP) is 2.91. The summed E-state index contributed by atoms with van der Waals surface area (Å²) in [7, 11) is 4.10. The normalized spacial score (nSPS) is 14.3. The third-order valence-electron chi connectivity index (χ3n) is 5.64. The van der Waals surface area contributed by atoms with Crippen molar-refractivity contribution >= 4 is 12.5 Å². The van der Waals surface area contributed by atoms with Crippen LogP contribution in [0.4, 0.5) is 5.69 Å². The highest BCUT2D eigenvalue weighted by molar-refractivity contribution is 5.39. The van der Waals surface area contributed by atoms with E-state index in [1.807, 2.05) is 38.6 Å². The van der Waals surface area contributed by atoms with E-state index in [9.17, 15) is 0 Å². The second-order valence-corrected chi connectivity index (χ2v) is 7.88. The number of carbonyl (C=O) groups excluding carboxylic acids is 1. The van der Waals surface area contributed by atoms with Crippen LogP contribution in [0.2, 0.25) is 0 Å². The summed E-state index contributed by atoms with van der Waals surface area (Å²) < 4.78 is 0. The monoisotopic (exact) mass is 418 g/mol. The first-order chi connectivity index (χ1) is 14.7. The van der Waals surface area contributed by atoms with Crippen LogP contribution in [0.25, 0.3) is 0 Å². The van der Waals surface area contributed by atoms with Gasteiger partial charge in [-0.25, -0.2) is 0 Å². The van der Waals surface area contributed by atoms with Gasteiger partial charge in [0, 0.05) is 58.4 Å². The lowest BCUT2D eigenvalue weighted by molar-refractivity contribution is -0.0979. The second-order valence-electron chi connectivity index (χ2n) is 7.88. The fourth-order valence-electron chi connectivity index (χ4n) is 3.66. The molecule has 1 saturated heterocycles. The minimum absolute atomic E-state index is 0.826. The summed E-state index contributed by atoms with van der Waals surface area (Å²) >= 11 is 0. The molecule has 0 radical (unpaired) electrons. The van der Waals surface area contributed by atoms with Crippen molar-refractivity contribution in [3.05, 3.63) is 36.4 Å². The molecule has 7 nitrogen and oxygen atoms in total. The number of H-pyrrole nitrogens is 1. The van der Waals surface area contributed by atoms with Crippen LogP contribution in [0.5, 0.6) is 0 Å². The molecule has 0 aromatic carbocycles. The molecule has 0 bridgehead atoms. The Balaban J connectivity index is 0.00000218. The number of carbonyl (C=O) groups is 1. The third-order valence-corrected chi connectivity index (χ3v) is 5.64. The van der Waals surface area contributed by atoms with Crippen molar-refractivity contribution in [3.8, 4) is 0 Å². The largest absolute Gasteiger partial charge is 0.372 e. The minimum atomic E-state index is 0.826. The molecule has 0 aliphatic carbocycles. The Bertz CT molecular complexity index is 617. The summed E-state index contributed by atoms with van der Waals surface area (Å²) in [6, 6.07) is 2.14. The van der Waals surface area contributed by atoms with Crippen molar-refractivity contribution in [2.45, 2.75) is 39.7 Å². The van der Waals surface area contributed by atoms with Gasteiger partial charge in [-0.1, -0.05) is 26.7 Å². The standard InChI is InChI=1S/C22H40N6.CH2O/c1-5-20(6-2)17-27-12-13-28(19-27)18-21-8-10-24-15-22(16-25-14-21)26(4)11-7-9-23-3;1-2/h8,10,14-16,20,23-24H,5-7,9,11-13,17-19H2,1-4H3;1H2.